The van der Waals surface area contributed by atoms with Crippen LogP contribution in [-0.2, 0) is 9.53 Å². The first-order chi connectivity index (χ1) is 8.97. The molecule has 0 aromatic heterocycles. The van der Waals surface area contributed by atoms with Crippen molar-refractivity contribution in [2.45, 2.75) is 69.8 Å². The van der Waals surface area contributed by atoms with Gasteiger partial charge in [0, 0.05) is 29.7 Å². The van der Waals surface area contributed by atoms with E-state index in [-0.39, 0.29) is 16.8 Å². The minimum Gasteiger partial charge on any atom is -0.368 e. The number of likely N-dealkylation sites (tertiary alicyclic amines) is 1. The van der Waals surface area contributed by atoms with Crippen LogP contribution in [0.2, 0.25) is 0 Å². The summed E-state index contributed by atoms with van der Waals surface area (Å²) in [5.74, 6) is 1.30. The van der Waals surface area contributed by atoms with Crippen LogP contribution in [0.15, 0.2) is 0 Å². The molecule has 0 aromatic carbocycles. The molecule has 0 N–H and O–H groups in total. The lowest BCUT2D eigenvalue weighted by Gasteiger charge is -2.38. The lowest BCUT2D eigenvalue weighted by molar-refractivity contribution is -0.144. The van der Waals surface area contributed by atoms with Gasteiger partial charge in [0.25, 0.3) is 5.91 Å². The molecule has 0 spiro atoms. The number of thioether (sulfide) groups is 1. The predicted molar refractivity (Wildman–Crippen MR) is 80.5 cm³/mol. The van der Waals surface area contributed by atoms with E-state index in [1.807, 2.05) is 11.8 Å². The van der Waals surface area contributed by atoms with Crippen LogP contribution in [-0.4, -0.2) is 46.6 Å². The maximum Gasteiger partial charge on any atom is 0.251 e. The molecular formula is C15H27NO2S. The van der Waals surface area contributed by atoms with E-state index in [4.69, 9.17) is 4.74 Å². The quantitative estimate of drug-likeness (QED) is 0.798. The molecule has 2 aliphatic heterocycles. The van der Waals surface area contributed by atoms with Crippen molar-refractivity contribution in [2.24, 2.45) is 0 Å². The van der Waals surface area contributed by atoms with Crippen LogP contribution in [0.1, 0.15) is 52.9 Å². The number of piperidine rings is 1. The fourth-order valence-electron chi connectivity index (χ4n) is 2.77. The van der Waals surface area contributed by atoms with Crippen LogP contribution in [0.25, 0.3) is 0 Å². The molecule has 2 atom stereocenters. The van der Waals surface area contributed by atoms with Crippen molar-refractivity contribution in [3.8, 4) is 0 Å². The maximum absolute atomic E-state index is 12.5. The van der Waals surface area contributed by atoms with Crippen molar-refractivity contribution in [3.05, 3.63) is 0 Å². The van der Waals surface area contributed by atoms with Crippen molar-refractivity contribution in [1.29, 1.82) is 0 Å². The predicted octanol–water partition coefficient (Wildman–Crippen LogP) is 3.08. The molecule has 3 nitrogen and oxygen atoms in total. The average molecular weight is 285 g/mol. The summed E-state index contributed by atoms with van der Waals surface area (Å²) in [5, 5.41) is 0. The van der Waals surface area contributed by atoms with Gasteiger partial charge in [-0.25, -0.2) is 0 Å². The number of carbonyl (C=O) groups excluding carboxylic acids is 1. The van der Waals surface area contributed by atoms with Crippen LogP contribution in [0.3, 0.4) is 0 Å². The summed E-state index contributed by atoms with van der Waals surface area (Å²) >= 11 is 1.97. The Kier molecular flexibility index (Phi) is 5.18. The number of hydrogen-bond acceptors (Lipinski definition) is 3. The van der Waals surface area contributed by atoms with E-state index in [1.165, 1.54) is 6.42 Å². The first-order valence-corrected chi connectivity index (χ1v) is 8.52. The van der Waals surface area contributed by atoms with Crippen LogP contribution in [0, 0.1) is 0 Å². The van der Waals surface area contributed by atoms with Crippen molar-refractivity contribution in [3.63, 3.8) is 0 Å². The number of amides is 1. The fourth-order valence-corrected chi connectivity index (χ4v) is 3.81. The summed E-state index contributed by atoms with van der Waals surface area (Å²) in [6, 6.07) is 0.412. The molecule has 2 saturated heterocycles. The summed E-state index contributed by atoms with van der Waals surface area (Å²) < 4.78 is 5.84. The number of ether oxygens (including phenoxy) is 1. The molecule has 0 radical (unpaired) electrons. The molecule has 2 heterocycles. The lowest BCUT2D eigenvalue weighted by atomic mass is 10.0. The van der Waals surface area contributed by atoms with Crippen molar-refractivity contribution >= 4 is 17.7 Å². The van der Waals surface area contributed by atoms with E-state index in [0.29, 0.717) is 6.04 Å². The second-order valence-corrected chi connectivity index (χ2v) is 8.45. The van der Waals surface area contributed by atoms with Gasteiger partial charge in [-0.2, -0.15) is 11.8 Å². The molecule has 110 valence electrons. The number of carbonyl (C=O) groups is 1. The molecule has 0 bridgehead atoms. The normalized spacial score (nSPS) is 28.7. The minimum atomic E-state index is -0.153. The van der Waals surface area contributed by atoms with Gasteiger partial charge < -0.3 is 9.64 Å². The molecule has 2 aliphatic rings. The number of nitrogens with zero attached hydrogens (tertiary/aromatic N) is 1. The first kappa shape index (κ1) is 15.2. The standard InChI is InChI=1S/C15H27NO2S/c1-15(2,3)19-11-12-7-4-5-9-16(12)14(17)13-8-6-10-18-13/h12-13H,4-11H2,1-3H3/t12-,13+/m1/s1. The van der Waals surface area contributed by atoms with Crippen molar-refractivity contribution < 1.29 is 9.53 Å². The minimum absolute atomic E-state index is 0.153. The largest absolute Gasteiger partial charge is 0.368 e. The molecule has 1 amide bonds. The Labute approximate surface area is 121 Å². The highest BCUT2D eigenvalue weighted by Gasteiger charge is 2.34. The maximum atomic E-state index is 12.5. The third-order valence-electron chi connectivity index (χ3n) is 3.82. The van der Waals surface area contributed by atoms with Gasteiger partial charge in [0.1, 0.15) is 6.10 Å². The van der Waals surface area contributed by atoms with Gasteiger partial charge in [-0.05, 0) is 32.1 Å². The summed E-state index contributed by atoms with van der Waals surface area (Å²) in [7, 11) is 0. The zero-order chi connectivity index (χ0) is 13.9. The van der Waals surface area contributed by atoms with E-state index in [0.717, 1.165) is 44.6 Å². The molecule has 0 aromatic rings. The lowest BCUT2D eigenvalue weighted by Crippen LogP contribution is -2.49. The van der Waals surface area contributed by atoms with E-state index < -0.39 is 0 Å². The van der Waals surface area contributed by atoms with Gasteiger partial charge in [0.2, 0.25) is 0 Å². The van der Waals surface area contributed by atoms with Gasteiger partial charge in [-0.15, -0.1) is 0 Å². The Hall–Kier alpha value is -0.220. The van der Waals surface area contributed by atoms with Crippen LogP contribution in [0.4, 0.5) is 0 Å². The van der Waals surface area contributed by atoms with E-state index >= 15 is 0 Å². The monoisotopic (exact) mass is 285 g/mol. The molecule has 2 fully saturated rings. The summed E-state index contributed by atoms with van der Waals surface area (Å²) in [6.07, 6.45) is 5.35. The smallest absolute Gasteiger partial charge is 0.251 e. The summed E-state index contributed by atoms with van der Waals surface area (Å²) in [4.78, 5) is 14.6. The third-order valence-corrected chi connectivity index (χ3v) is 5.24. The molecule has 0 saturated carbocycles. The molecule has 0 aliphatic carbocycles. The molecular weight excluding hydrogens is 258 g/mol. The molecule has 19 heavy (non-hydrogen) atoms. The molecule has 2 rings (SSSR count). The zero-order valence-electron chi connectivity index (χ0n) is 12.5. The van der Waals surface area contributed by atoms with E-state index in [2.05, 4.69) is 25.7 Å². The van der Waals surface area contributed by atoms with Crippen molar-refractivity contribution in [1.82, 2.24) is 4.90 Å². The highest BCUT2D eigenvalue weighted by molar-refractivity contribution is 8.00. The number of hydrogen-bond donors (Lipinski definition) is 0. The highest BCUT2D eigenvalue weighted by Crippen LogP contribution is 2.29. The second-order valence-electron chi connectivity index (χ2n) is 6.61. The third kappa shape index (κ3) is 4.38. The first-order valence-electron chi connectivity index (χ1n) is 7.53. The fraction of sp³-hybridized carbons (Fsp3) is 0.933. The Balaban J connectivity index is 1.93. The van der Waals surface area contributed by atoms with Gasteiger partial charge in [0.15, 0.2) is 0 Å². The Morgan fingerprint density at radius 3 is 2.68 bits per heavy atom. The van der Waals surface area contributed by atoms with Crippen LogP contribution < -0.4 is 0 Å². The van der Waals surface area contributed by atoms with Gasteiger partial charge >= 0.3 is 0 Å². The van der Waals surface area contributed by atoms with Crippen molar-refractivity contribution in [2.75, 3.05) is 18.9 Å². The number of rotatable bonds is 3. The van der Waals surface area contributed by atoms with Gasteiger partial charge in [-0.1, -0.05) is 20.8 Å². The summed E-state index contributed by atoms with van der Waals surface area (Å²) in [5.41, 5.74) is 0. The van der Waals surface area contributed by atoms with E-state index in [1.54, 1.807) is 0 Å². The summed E-state index contributed by atoms with van der Waals surface area (Å²) in [6.45, 7) is 8.41. The van der Waals surface area contributed by atoms with Gasteiger partial charge in [0.05, 0.1) is 0 Å². The Morgan fingerprint density at radius 1 is 1.26 bits per heavy atom. The molecule has 0 unspecified atom stereocenters. The zero-order valence-corrected chi connectivity index (χ0v) is 13.3. The SMILES string of the molecule is CC(C)(C)SC[C@H]1CCCCN1C(=O)[C@@H]1CCCO1. The van der Waals surface area contributed by atoms with Crippen LogP contribution >= 0.6 is 11.8 Å². The topological polar surface area (TPSA) is 29.5 Å². The van der Waals surface area contributed by atoms with Crippen LogP contribution in [0.5, 0.6) is 0 Å². The Bertz CT molecular complexity index is 308. The second kappa shape index (κ2) is 6.49. The van der Waals surface area contributed by atoms with Gasteiger partial charge in [-0.3, -0.25) is 4.79 Å². The Morgan fingerprint density at radius 2 is 2.05 bits per heavy atom. The van der Waals surface area contributed by atoms with E-state index in [9.17, 15) is 4.79 Å². The highest BCUT2D eigenvalue weighted by atomic mass is 32.2. The molecule has 4 heteroatoms. The average Bonchev–Trinajstić information content (AvgIpc) is 2.89.